The highest BCUT2D eigenvalue weighted by atomic mass is 32.2. The number of benzene rings is 1. The maximum Gasteiger partial charge on any atom is 0.291 e. The van der Waals surface area contributed by atoms with E-state index in [1.165, 1.54) is 11.8 Å². The van der Waals surface area contributed by atoms with Crippen molar-refractivity contribution in [1.29, 1.82) is 5.26 Å². The standard InChI is InChI=1S/C23H25N5O3S/c1-15(29)28-8-4-16(5-9-28)18-2-3-21(20(12-18)17-6-10-32(31)11-7-17)27-23(30)22-25-14-19(13-24)26-22/h2-3,6,12,14,16H,4-5,7-11H2,1H3,(H,25,26)(H,27,30). The molecule has 0 saturated carbocycles. The van der Waals surface area contributed by atoms with Gasteiger partial charge in [-0.15, -0.1) is 0 Å². The van der Waals surface area contributed by atoms with Gasteiger partial charge in [0.2, 0.25) is 5.91 Å². The maximum atomic E-state index is 12.7. The van der Waals surface area contributed by atoms with Crippen molar-refractivity contribution in [2.24, 2.45) is 0 Å². The number of imidazole rings is 1. The van der Waals surface area contributed by atoms with E-state index >= 15 is 0 Å². The molecule has 4 rings (SSSR count). The van der Waals surface area contributed by atoms with E-state index in [9.17, 15) is 13.8 Å². The molecule has 0 radical (unpaired) electrons. The van der Waals surface area contributed by atoms with E-state index in [1.807, 2.05) is 29.2 Å². The Morgan fingerprint density at radius 2 is 2.09 bits per heavy atom. The largest absolute Gasteiger partial charge is 0.343 e. The van der Waals surface area contributed by atoms with Crippen molar-refractivity contribution in [3.05, 3.63) is 53.1 Å². The summed E-state index contributed by atoms with van der Waals surface area (Å²) in [6, 6.07) is 7.97. The zero-order valence-corrected chi connectivity index (χ0v) is 18.7. The third-order valence-corrected chi connectivity index (χ3v) is 7.27. The zero-order valence-electron chi connectivity index (χ0n) is 17.9. The molecule has 3 heterocycles. The van der Waals surface area contributed by atoms with Crippen molar-refractivity contribution < 1.29 is 13.8 Å². The highest BCUT2D eigenvalue weighted by Gasteiger charge is 2.24. The molecule has 2 N–H and O–H groups in total. The molecule has 1 aromatic carbocycles. The van der Waals surface area contributed by atoms with Crippen LogP contribution in [0.2, 0.25) is 0 Å². The SMILES string of the molecule is CC(=O)N1CCC(c2ccc(NC(=O)c3ncc(C#N)[nH]3)c(C3=CCS(=O)CC3)c2)CC1. The van der Waals surface area contributed by atoms with E-state index in [1.54, 1.807) is 6.92 Å². The predicted molar refractivity (Wildman–Crippen MR) is 122 cm³/mol. The fourth-order valence-corrected chi connectivity index (χ4v) is 5.24. The van der Waals surface area contributed by atoms with E-state index < -0.39 is 16.7 Å². The summed E-state index contributed by atoms with van der Waals surface area (Å²) in [5.74, 6) is 1.22. The summed E-state index contributed by atoms with van der Waals surface area (Å²) in [4.78, 5) is 32.9. The fourth-order valence-electron chi connectivity index (χ4n) is 4.24. The Hall–Kier alpha value is -3.25. The molecular formula is C23H25N5O3S. The number of allylic oxidation sites excluding steroid dienone is 1. The van der Waals surface area contributed by atoms with Crippen molar-refractivity contribution in [2.75, 3.05) is 29.9 Å². The fraction of sp³-hybridized carbons (Fsp3) is 0.391. The lowest BCUT2D eigenvalue weighted by Gasteiger charge is -2.32. The van der Waals surface area contributed by atoms with Gasteiger partial charge >= 0.3 is 0 Å². The van der Waals surface area contributed by atoms with Crippen LogP contribution in [0.1, 0.15) is 59.5 Å². The van der Waals surface area contributed by atoms with Gasteiger partial charge in [-0.3, -0.25) is 13.8 Å². The van der Waals surface area contributed by atoms with Crippen LogP contribution in [-0.4, -0.2) is 55.5 Å². The predicted octanol–water partition coefficient (Wildman–Crippen LogP) is 2.80. The van der Waals surface area contributed by atoms with Gasteiger partial charge in [0.1, 0.15) is 11.8 Å². The average Bonchev–Trinajstić information content (AvgIpc) is 3.30. The Morgan fingerprint density at radius 3 is 2.72 bits per heavy atom. The summed E-state index contributed by atoms with van der Waals surface area (Å²) in [7, 11) is -0.845. The number of carbonyl (C=O) groups is 2. The second-order valence-corrected chi connectivity index (χ2v) is 9.71. The summed E-state index contributed by atoms with van der Waals surface area (Å²) in [6.45, 7) is 3.10. The molecule has 2 aliphatic heterocycles. The number of rotatable bonds is 4. The van der Waals surface area contributed by atoms with Crippen LogP contribution in [-0.2, 0) is 15.6 Å². The molecule has 0 bridgehead atoms. The lowest BCUT2D eigenvalue weighted by molar-refractivity contribution is -0.129. The monoisotopic (exact) mass is 451 g/mol. The first-order chi connectivity index (χ1) is 15.4. The molecule has 2 amide bonds. The molecular weight excluding hydrogens is 426 g/mol. The van der Waals surface area contributed by atoms with Gasteiger partial charge in [0.15, 0.2) is 5.82 Å². The van der Waals surface area contributed by atoms with Gasteiger partial charge in [0.05, 0.1) is 6.20 Å². The van der Waals surface area contributed by atoms with Crippen LogP contribution in [0.5, 0.6) is 0 Å². The number of hydrogen-bond donors (Lipinski definition) is 2. The van der Waals surface area contributed by atoms with Gasteiger partial charge in [-0.05, 0) is 48.4 Å². The van der Waals surface area contributed by atoms with Crippen molar-refractivity contribution in [3.63, 3.8) is 0 Å². The van der Waals surface area contributed by atoms with E-state index in [2.05, 4.69) is 21.4 Å². The molecule has 0 aliphatic carbocycles. The first-order valence-corrected chi connectivity index (χ1v) is 12.1. The molecule has 0 spiro atoms. The number of amides is 2. The molecule has 32 heavy (non-hydrogen) atoms. The Balaban J connectivity index is 1.61. The summed E-state index contributed by atoms with van der Waals surface area (Å²) in [5.41, 5.74) is 4.06. The molecule has 166 valence electrons. The van der Waals surface area contributed by atoms with Gasteiger partial charge < -0.3 is 15.2 Å². The number of anilines is 1. The Kier molecular flexibility index (Phi) is 6.51. The third kappa shape index (κ3) is 4.81. The molecule has 1 aromatic heterocycles. The van der Waals surface area contributed by atoms with Gasteiger partial charge in [-0.25, -0.2) is 4.98 Å². The summed E-state index contributed by atoms with van der Waals surface area (Å²) in [6.07, 6.45) is 5.80. The average molecular weight is 452 g/mol. The van der Waals surface area contributed by atoms with E-state index in [0.717, 1.165) is 37.1 Å². The molecule has 2 aliphatic rings. The van der Waals surface area contributed by atoms with E-state index in [0.29, 0.717) is 29.5 Å². The topological polar surface area (TPSA) is 119 Å². The first-order valence-electron chi connectivity index (χ1n) is 10.6. The summed E-state index contributed by atoms with van der Waals surface area (Å²) >= 11 is 0. The number of nitrogens with one attached hydrogen (secondary N) is 2. The number of likely N-dealkylation sites (tertiary alicyclic amines) is 1. The minimum atomic E-state index is -0.845. The number of nitrogens with zero attached hydrogens (tertiary/aromatic N) is 3. The van der Waals surface area contributed by atoms with Crippen LogP contribution < -0.4 is 5.32 Å². The number of nitriles is 1. The highest BCUT2D eigenvalue weighted by Crippen LogP contribution is 2.35. The normalized spacial score (nSPS) is 19.2. The molecule has 1 unspecified atom stereocenters. The van der Waals surface area contributed by atoms with Gasteiger partial charge in [0.25, 0.3) is 5.91 Å². The first kappa shape index (κ1) is 22.0. The van der Waals surface area contributed by atoms with Crippen LogP contribution in [0.15, 0.2) is 30.5 Å². The number of aromatic amines is 1. The number of H-pyrrole nitrogens is 1. The minimum absolute atomic E-state index is 0.0758. The number of hydrogen-bond acceptors (Lipinski definition) is 5. The van der Waals surface area contributed by atoms with Crippen LogP contribution >= 0.6 is 0 Å². The van der Waals surface area contributed by atoms with Crippen molar-refractivity contribution >= 4 is 33.9 Å². The quantitative estimate of drug-likeness (QED) is 0.741. The highest BCUT2D eigenvalue weighted by molar-refractivity contribution is 7.85. The van der Waals surface area contributed by atoms with Crippen LogP contribution in [0.3, 0.4) is 0 Å². The molecule has 9 heteroatoms. The molecule has 1 fully saturated rings. The van der Waals surface area contributed by atoms with Gasteiger partial charge in [0, 0.05) is 53.6 Å². The van der Waals surface area contributed by atoms with Crippen LogP contribution in [0.4, 0.5) is 5.69 Å². The number of aromatic nitrogens is 2. The van der Waals surface area contributed by atoms with Crippen LogP contribution in [0, 0.1) is 11.3 Å². The maximum absolute atomic E-state index is 12.7. The van der Waals surface area contributed by atoms with Gasteiger partial charge in [-0.1, -0.05) is 12.1 Å². The molecule has 2 aromatic rings. The Morgan fingerprint density at radius 1 is 1.31 bits per heavy atom. The smallest absolute Gasteiger partial charge is 0.291 e. The van der Waals surface area contributed by atoms with Gasteiger partial charge in [-0.2, -0.15) is 5.26 Å². The lowest BCUT2D eigenvalue weighted by Crippen LogP contribution is -2.36. The lowest BCUT2D eigenvalue weighted by atomic mass is 9.86. The zero-order chi connectivity index (χ0) is 22.7. The minimum Gasteiger partial charge on any atom is -0.343 e. The van der Waals surface area contributed by atoms with Crippen molar-refractivity contribution in [3.8, 4) is 6.07 Å². The number of carbonyl (C=O) groups excluding carboxylic acids is 2. The molecule has 1 atom stereocenters. The second-order valence-electron chi connectivity index (χ2n) is 8.09. The van der Waals surface area contributed by atoms with E-state index in [4.69, 9.17) is 5.26 Å². The van der Waals surface area contributed by atoms with Crippen LogP contribution in [0.25, 0.3) is 5.57 Å². The van der Waals surface area contributed by atoms with E-state index in [-0.39, 0.29) is 17.4 Å². The molecule has 8 nitrogen and oxygen atoms in total. The second kappa shape index (κ2) is 9.49. The Bertz CT molecular complexity index is 1140. The molecule has 1 saturated heterocycles. The summed E-state index contributed by atoms with van der Waals surface area (Å²) < 4.78 is 11.8. The summed E-state index contributed by atoms with van der Waals surface area (Å²) in [5, 5.41) is 11.9. The third-order valence-electron chi connectivity index (χ3n) is 6.08. The Labute approximate surface area is 189 Å². The van der Waals surface area contributed by atoms with Crippen molar-refractivity contribution in [2.45, 2.75) is 32.1 Å². The van der Waals surface area contributed by atoms with Crippen molar-refractivity contribution in [1.82, 2.24) is 14.9 Å². The number of piperidine rings is 1.